The first-order valence-electron chi connectivity index (χ1n) is 10.8. The predicted molar refractivity (Wildman–Crippen MR) is 128 cm³/mol. The van der Waals surface area contributed by atoms with Gasteiger partial charge in [0.25, 0.3) is 0 Å². The standard InChI is InChI=1S/C28H14O8/c29-23-13-21(17-9-3-5-11-19(17)33-23)35-27-25(31)15-7-1-2-8-16(15)26(32)28(27)36-22-14-24(30)34-20-12-6-4-10-18(20)22/h1-14H. The van der Waals surface area contributed by atoms with Crippen molar-refractivity contribution in [2.75, 3.05) is 0 Å². The van der Waals surface area contributed by atoms with Gasteiger partial charge in [0.15, 0.2) is 0 Å². The number of benzene rings is 3. The van der Waals surface area contributed by atoms with Crippen LogP contribution < -0.4 is 20.7 Å². The summed E-state index contributed by atoms with van der Waals surface area (Å²) in [5.41, 5.74) is -0.680. The van der Waals surface area contributed by atoms with Gasteiger partial charge in [-0.15, -0.1) is 0 Å². The molecule has 8 heteroatoms. The van der Waals surface area contributed by atoms with Crippen molar-refractivity contribution < 1.29 is 27.9 Å². The maximum atomic E-state index is 13.5. The molecule has 0 bridgehead atoms. The maximum Gasteiger partial charge on any atom is 0.339 e. The molecule has 0 amide bonds. The molecular formula is C28H14O8. The van der Waals surface area contributed by atoms with Gasteiger partial charge in [-0.2, -0.15) is 0 Å². The molecule has 6 rings (SSSR count). The van der Waals surface area contributed by atoms with E-state index in [1.54, 1.807) is 60.7 Å². The van der Waals surface area contributed by atoms with E-state index in [2.05, 4.69) is 0 Å². The second kappa shape index (κ2) is 8.21. The fraction of sp³-hybridized carbons (Fsp3) is 0. The second-order valence-corrected chi connectivity index (χ2v) is 7.92. The van der Waals surface area contributed by atoms with Crippen molar-refractivity contribution in [3.05, 3.63) is 128 Å². The third-order valence-electron chi connectivity index (χ3n) is 5.68. The van der Waals surface area contributed by atoms with Crippen LogP contribution >= 0.6 is 0 Å². The number of hydrogen-bond donors (Lipinski definition) is 0. The Bertz CT molecular complexity index is 1740. The van der Waals surface area contributed by atoms with Crippen molar-refractivity contribution in [1.29, 1.82) is 0 Å². The lowest BCUT2D eigenvalue weighted by atomic mass is 9.92. The van der Waals surface area contributed by atoms with Gasteiger partial charge in [0.1, 0.15) is 22.7 Å². The Kier molecular flexibility index (Phi) is 4.86. The molecule has 1 aliphatic carbocycles. The third-order valence-corrected chi connectivity index (χ3v) is 5.68. The Balaban J connectivity index is 1.57. The van der Waals surface area contributed by atoms with Crippen molar-refractivity contribution in [2.45, 2.75) is 0 Å². The van der Waals surface area contributed by atoms with Crippen LogP contribution in [-0.2, 0) is 0 Å². The number of carbonyl (C=O) groups is 2. The van der Waals surface area contributed by atoms with Crippen LogP contribution in [0.3, 0.4) is 0 Å². The third kappa shape index (κ3) is 3.48. The van der Waals surface area contributed by atoms with Crippen LogP contribution in [0.5, 0.6) is 11.5 Å². The summed E-state index contributed by atoms with van der Waals surface area (Å²) < 4.78 is 22.3. The molecular weight excluding hydrogens is 464 g/mol. The van der Waals surface area contributed by atoms with E-state index in [0.29, 0.717) is 10.8 Å². The molecule has 1 aliphatic rings. The summed E-state index contributed by atoms with van der Waals surface area (Å²) in [4.78, 5) is 51.4. The minimum Gasteiger partial charge on any atom is -0.448 e. The fourth-order valence-electron chi connectivity index (χ4n) is 4.07. The van der Waals surface area contributed by atoms with Crippen LogP contribution in [0.2, 0.25) is 0 Å². The topological polar surface area (TPSA) is 113 Å². The van der Waals surface area contributed by atoms with Gasteiger partial charge in [0.2, 0.25) is 23.1 Å². The summed E-state index contributed by atoms with van der Waals surface area (Å²) in [7, 11) is 0. The zero-order chi connectivity index (χ0) is 24.8. The molecule has 8 nitrogen and oxygen atoms in total. The van der Waals surface area contributed by atoms with Crippen molar-refractivity contribution in [3.63, 3.8) is 0 Å². The molecule has 0 atom stereocenters. The first-order valence-corrected chi connectivity index (χ1v) is 10.8. The molecule has 0 radical (unpaired) electrons. The van der Waals surface area contributed by atoms with Crippen molar-refractivity contribution in [2.24, 2.45) is 0 Å². The van der Waals surface area contributed by atoms with Gasteiger partial charge in [-0.3, -0.25) is 9.59 Å². The summed E-state index contributed by atoms with van der Waals surface area (Å²) in [6, 6.07) is 21.6. The largest absolute Gasteiger partial charge is 0.448 e. The molecule has 0 N–H and O–H groups in total. The Hall–Kier alpha value is -5.24. The van der Waals surface area contributed by atoms with Crippen LogP contribution in [-0.4, -0.2) is 11.6 Å². The van der Waals surface area contributed by atoms with Crippen LogP contribution in [0.15, 0.2) is 115 Å². The highest BCUT2D eigenvalue weighted by molar-refractivity contribution is 6.25. The molecule has 5 aromatic rings. The molecule has 2 aromatic heterocycles. The smallest absolute Gasteiger partial charge is 0.339 e. The van der Waals surface area contributed by atoms with E-state index < -0.39 is 34.3 Å². The Morgan fingerprint density at radius 1 is 0.500 bits per heavy atom. The molecule has 3 aromatic carbocycles. The van der Waals surface area contributed by atoms with E-state index >= 15 is 0 Å². The van der Waals surface area contributed by atoms with Crippen LogP contribution in [0.4, 0.5) is 0 Å². The monoisotopic (exact) mass is 478 g/mol. The first kappa shape index (κ1) is 21.3. The minimum absolute atomic E-state index is 0.0101. The average molecular weight is 478 g/mol. The quantitative estimate of drug-likeness (QED) is 0.343. The summed E-state index contributed by atoms with van der Waals surface area (Å²) in [6.45, 7) is 0. The highest BCUT2D eigenvalue weighted by Crippen LogP contribution is 2.34. The SMILES string of the molecule is O=C1C(Oc2cc(=O)oc3ccccc23)=C(Oc2cc(=O)oc3ccccc23)C(=O)c2ccccc21. The molecule has 36 heavy (non-hydrogen) atoms. The Morgan fingerprint density at radius 2 is 0.889 bits per heavy atom. The lowest BCUT2D eigenvalue weighted by Gasteiger charge is -2.21. The molecule has 0 spiro atoms. The fourth-order valence-corrected chi connectivity index (χ4v) is 4.07. The van der Waals surface area contributed by atoms with E-state index in [4.69, 9.17) is 18.3 Å². The van der Waals surface area contributed by atoms with Crippen LogP contribution in [0.25, 0.3) is 21.9 Å². The number of hydrogen-bond acceptors (Lipinski definition) is 8. The van der Waals surface area contributed by atoms with Gasteiger partial charge in [0, 0.05) is 11.1 Å². The molecule has 2 heterocycles. The highest BCUT2D eigenvalue weighted by atomic mass is 16.5. The summed E-state index contributed by atoms with van der Waals surface area (Å²) in [5, 5.41) is 0.822. The average Bonchev–Trinajstić information content (AvgIpc) is 2.89. The Labute approximate surface area is 201 Å². The normalized spacial score (nSPS) is 13.2. The molecule has 0 unspecified atom stereocenters. The van der Waals surface area contributed by atoms with Gasteiger partial charge in [-0.1, -0.05) is 48.5 Å². The van der Waals surface area contributed by atoms with E-state index in [9.17, 15) is 19.2 Å². The number of carbonyl (C=O) groups excluding carboxylic acids is 2. The molecule has 0 saturated heterocycles. The highest BCUT2D eigenvalue weighted by Gasteiger charge is 2.36. The summed E-state index contributed by atoms with van der Waals surface area (Å²) in [5.74, 6) is -2.07. The van der Waals surface area contributed by atoms with Gasteiger partial charge in [-0.25, -0.2) is 9.59 Å². The number of fused-ring (bicyclic) bond motifs is 3. The summed E-state index contributed by atoms with van der Waals surface area (Å²) >= 11 is 0. The molecule has 0 saturated carbocycles. The summed E-state index contributed by atoms with van der Waals surface area (Å²) in [6.07, 6.45) is 0. The minimum atomic E-state index is -0.701. The van der Waals surface area contributed by atoms with Gasteiger partial charge in [0.05, 0.1) is 22.9 Å². The Morgan fingerprint density at radius 3 is 1.33 bits per heavy atom. The second-order valence-electron chi connectivity index (χ2n) is 7.92. The van der Waals surface area contributed by atoms with Gasteiger partial charge in [-0.05, 0) is 24.3 Å². The van der Waals surface area contributed by atoms with Crippen molar-refractivity contribution in [3.8, 4) is 11.5 Å². The zero-order valence-corrected chi connectivity index (χ0v) is 18.3. The maximum absolute atomic E-state index is 13.5. The lowest BCUT2D eigenvalue weighted by molar-refractivity contribution is 0.0897. The zero-order valence-electron chi connectivity index (χ0n) is 18.3. The van der Waals surface area contributed by atoms with E-state index in [-0.39, 0.29) is 33.8 Å². The molecule has 174 valence electrons. The van der Waals surface area contributed by atoms with Gasteiger partial charge >= 0.3 is 11.3 Å². The number of allylic oxidation sites excluding steroid dienone is 2. The van der Waals surface area contributed by atoms with Gasteiger partial charge < -0.3 is 18.3 Å². The van der Waals surface area contributed by atoms with Crippen LogP contribution in [0.1, 0.15) is 20.7 Å². The first-order chi connectivity index (χ1) is 17.5. The number of rotatable bonds is 4. The molecule has 0 aliphatic heterocycles. The predicted octanol–water partition coefficient (Wildman–Crippen LogP) is 4.65. The van der Waals surface area contributed by atoms with E-state index in [0.717, 1.165) is 12.1 Å². The number of Topliss-reactive ketones (excluding diaryl/α,β-unsaturated/α-hetero) is 2. The van der Waals surface area contributed by atoms with Crippen molar-refractivity contribution in [1.82, 2.24) is 0 Å². The number of para-hydroxylation sites is 2. The molecule has 0 fully saturated rings. The number of ketones is 2. The van der Waals surface area contributed by atoms with Crippen molar-refractivity contribution >= 4 is 33.5 Å². The van der Waals surface area contributed by atoms with E-state index in [1.807, 2.05) is 0 Å². The number of ether oxygens (including phenoxy) is 2. The van der Waals surface area contributed by atoms with E-state index in [1.165, 1.54) is 12.1 Å². The van der Waals surface area contributed by atoms with Crippen LogP contribution in [0, 0.1) is 0 Å². The lowest BCUT2D eigenvalue weighted by Crippen LogP contribution is -2.28.